The minimum atomic E-state index is -6.02. The lowest BCUT2D eigenvalue weighted by molar-refractivity contribution is -0.0500. The highest BCUT2D eigenvalue weighted by Crippen LogP contribution is 2.53. The van der Waals surface area contributed by atoms with Crippen LogP contribution in [0.25, 0.3) is 33.1 Å². The minimum absolute atomic E-state index is 0.132. The zero-order valence-electron chi connectivity index (χ0n) is 30.2. The van der Waals surface area contributed by atoms with E-state index in [-0.39, 0.29) is 11.0 Å². The fourth-order valence-electron chi connectivity index (χ4n) is 7.88. The Bertz CT molecular complexity index is 2840. The van der Waals surface area contributed by atoms with Crippen molar-refractivity contribution in [3.8, 4) is 16.9 Å². The second-order valence-corrected chi connectivity index (χ2v) is 15.7. The summed E-state index contributed by atoms with van der Waals surface area (Å²) in [6, 6.07) is 51.5. The predicted octanol–water partition coefficient (Wildman–Crippen LogP) is 13.1. The minimum Gasteiger partial charge on any atom is -0.456 e. The van der Waals surface area contributed by atoms with Gasteiger partial charge in [0.1, 0.15) is 16.9 Å². The third-order valence-electron chi connectivity index (χ3n) is 10.4. The highest BCUT2D eigenvalue weighted by Gasteiger charge is 2.49. The average Bonchev–Trinajstić information content (AvgIpc) is 3.68. The maximum Gasteiger partial charge on any atom is 0.534 e. The molecule has 1 aromatic heterocycles. The van der Waals surface area contributed by atoms with Crippen molar-refractivity contribution in [3.05, 3.63) is 175 Å². The molecule has 10 heteroatoms. The van der Waals surface area contributed by atoms with E-state index in [0.29, 0.717) is 33.4 Å². The van der Waals surface area contributed by atoms with Gasteiger partial charge < -0.3 is 18.4 Å². The standard InChI is InChI=1S/C46H33F3N2O4S/c1-45(2)37-22-13-12-21-35(37)36-26-25-33(27-38(36)45)51(32-19-10-5-11-20-32)39-23-14-24-41-43(39)44-40(28-34(29-42(44)54-41)55-56(52,53)46(47,48)49)50(30-15-6-3-7-16-30)31-17-8-4-9-18-31/h3-29H,1-2H3. The van der Waals surface area contributed by atoms with Gasteiger partial charge in [0.15, 0.2) is 0 Å². The molecule has 0 atom stereocenters. The Morgan fingerprint density at radius 1 is 0.536 bits per heavy atom. The molecule has 6 nitrogen and oxygen atoms in total. The van der Waals surface area contributed by atoms with E-state index in [1.807, 2.05) is 108 Å². The van der Waals surface area contributed by atoms with E-state index in [4.69, 9.17) is 8.60 Å². The van der Waals surface area contributed by atoms with Crippen LogP contribution >= 0.6 is 0 Å². The van der Waals surface area contributed by atoms with Crippen LogP contribution in [0.5, 0.6) is 5.75 Å². The number of fused-ring (bicyclic) bond motifs is 6. The van der Waals surface area contributed by atoms with E-state index >= 15 is 0 Å². The molecule has 0 fully saturated rings. The first-order valence-electron chi connectivity index (χ1n) is 17.9. The van der Waals surface area contributed by atoms with Crippen LogP contribution in [0.3, 0.4) is 0 Å². The lowest BCUT2D eigenvalue weighted by Gasteiger charge is -2.29. The molecule has 0 spiro atoms. The van der Waals surface area contributed by atoms with E-state index in [1.165, 1.54) is 34.4 Å². The lowest BCUT2D eigenvalue weighted by Crippen LogP contribution is -2.28. The molecule has 7 aromatic carbocycles. The first-order chi connectivity index (χ1) is 26.9. The van der Waals surface area contributed by atoms with Crippen LogP contribution in [-0.2, 0) is 15.5 Å². The molecule has 0 radical (unpaired) electrons. The smallest absolute Gasteiger partial charge is 0.456 e. The monoisotopic (exact) mass is 766 g/mol. The molecule has 9 rings (SSSR count). The normalized spacial score (nSPS) is 13.4. The third-order valence-corrected chi connectivity index (χ3v) is 11.3. The van der Waals surface area contributed by atoms with Crippen LogP contribution in [0.15, 0.2) is 168 Å². The number of benzene rings is 7. The SMILES string of the molecule is CC1(C)c2ccccc2-c2ccc(N(c3ccccc3)c3cccc4oc5cc(OS(=O)(=O)C(F)(F)F)cc(N(c6ccccc6)c6ccccc6)c5c34)cc21. The number of halogens is 3. The second-order valence-electron chi connectivity index (χ2n) is 14.1. The lowest BCUT2D eigenvalue weighted by atomic mass is 9.82. The number of anilines is 6. The molecule has 0 amide bonds. The molecule has 0 bridgehead atoms. The van der Waals surface area contributed by atoms with E-state index in [0.717, 1.165) is 17.1 Å². The van der Waals surface area contributed by atoms with Crippen molar-refractivity contribution in [3.63, 3.8) is 0 Å². The van der Waals surface area contributed by atoms with Crippen LogP contribution in [0.4, 0.5) is 47.3 Å². The van der Waals surface area contributed by atoms with Crippen LogP contribution in [-0.4, -0.2) is 13.9 Å². The number of nitrogens with zero attached hydrogens (tertiary/aromatic N) is 2. The summed E-state index contributed by atoms with van der Waals surface area (Å²) in [5, 5.41) is 1.20. The summed E-state index contributed by atoms with van der Waals surface area (Å²) in [4.78, 5) is 4.00. The van der Waals surface area contributed by atoms with Crippen molar-refractivity contribution in [1.29, 1.82) is 0 Å². The van der Waals surface area contributed by atoms with E-state index < -0.39 is 21.4 Å². The molecule has 1 aliphatic carbocycles. The van der Waals surface area contributed by atoms with Gasteiger partial charge in [-0.2, -0.15) is 21.6 Å². The molecule has 0 N–H and O–H groups in total. The summed E-state index contributed by atoms with van der Waals surface area (Å²) in [5.41, 5.74) is 3.61. The topological polar surface area (TPSA) is 63.0 Å². The quantitative estimate of drug-likeness (QED) is 0.113. The van der Waals surface area contributed by atoms with E-state index in [1.54, 1.807) is 6.07 Å². The molecule has 56 heavy (non-hydrogen) atoms. The van der Waals surface area contributed by atoms with Gasteiger partial charge in [-0.3, -0.25) is 0 Å². The first-order valence-corrected chi connectivity index (χ1v) is 19.3. The summed E-state index contributed by atoms with van der Waals surface area (Å²) in [6.45, 7) is 4.45. The van der Waals surface area contributed by atoms with Crippen LogP contribution < -0.4 is 14.0 Å². The molecular formula is C46H33F3N2O4S. The molecule has 1 aliphatic rings. The van der Waals surface area contributed by atoms with Gasteiger partial charge in [-0.1, -0.05) is 105 Å². The van der Waals surface area contributed by atoms with Crippen LogP contribution in [0.1, 0.15) is 25.0 Å². The van der Waals surface area contributed by atoms with Crippen molar-refractivity contribution in [2.75, 3.05) is 9.80 Å². The Morgan fingerprint density at radius 3 is 1.68 bits per heavy atom. The highest BCUT2D eigenvalue weighted by atomic mass is 32.2. The molecule has 0 saturated carbocycles. The van der Waals surface area contributed by atoms with Gasteiger partial charge in [-0.25, -0.2) is 0 Å². The van der Waals surface area contributed by atoms with Gasteiger partial charge in [0.25, 0.3) is 0 Å². The van der Waals surface area contributed by atoms with Crippen molar-refractivity contribution < 1.29 is 30.2 Å². The first kappa shape index (κ1) is 35.2. The van der Waals surface area contributed by atoms with Gasteiger partial charge in [0, 0.05) is 40.3 Å². The maximum atomic E-state index is 13.7. The zero-order valence-corrected chi connectivity index (χ0v) is 31.0. The highest BCUT2D eigenvalue weighted by molar-refractivity contribution is 7.88. The fourth-order valence-corrected chi connectivity index (χ4v) is 8.33. The molecule has 0 saturated heterocycles. The number of hydrogen-bond acceptors (Lipinski definition) is 6. The summed E-state index contributed by atoms with van der Waals surface area (Å²) >= 11 is 0. The van der Waals surface area contributed by atoms with Gasteiger partial charge in [0.2, 0.25) is 0 Å². The van der Waals surface area contributed by atoms with Crippen LogP contribution in [0.2, 0.25) is 0 Å². The summed E-state index contributed by atoms with van der Waals surface area (Å²) < 4.78 is 77.2. The number of para-hydroxylation sites is 3. The molecular weight excluding hydrogens is 734 g/mol. The average molecular weight is 767 g/mol. The van der Waals surface area contributed by atoms with Crippen molar-refractivity contribution >= 4 is 66.2 Å². The van der Waals surface area contributed by atoms with E-state index in [9.17, 15) is 21.6 Å². The molecule has 0 aliphatic heterocycles. The third kappa shape index (κ3) is 5.76. The van der Waals surface area contributed by atoms with Crippen molar-refractivity contribution in [1.82, 2.24) is 0 Å². The fraction of sp³-hybridized carbons (Fsp3) is 0.0870. The predicted molar refractivity (Wildman–Crippen MR) is 216 cm³/mol. The van der Waals surface area contributed by atoms with Gasteiger partial charge in [-0.15, -0.1) is 0 Å². The number of furan rings is 1. The number of hydrogen-bond donors (Lipinski definition) is 0. The Hall–Kier alpha value is -6.52. The van der Waals surface area contributed by atoms with Crippen molar-refractivity contribution in [2.45, 2.75) is 24.8 Å². The summed E-state index contributed by atoms with van der Waals surface area (Å²) in [6.07, 6.45) is 0. The Morgan fingerprint density at radius 2 is 1.07 bits per heavy atom. The van der Waals surface area contributed by atoms with Gasteiger partial charge >= 0.3 is 15.6 Å². The van der Waals surface area contributed by atoms with Gasteiger partial charge in [-0.05, 0) is 82.9 Å². The molecule has 8 aromatic rings. The number of rotatable bonds is 8. The Labute approximate surface area is 321 Å². The molecule has 1 heterocycles. The van der Waals surface area contributed by atoms with Crippen molar-refractivity contribution in [2.24, 2.45) is 0 Å². The number of alkyl halides is 3. The summed E-state index contributed by atoms with van der Waals surface area (Å²) in [7, 11) is -6.02. The molecule has 0 unspecified atom stereocenters. The van der Waals surface area contributed by atoms with Crippen LogP contribution in [0, 0.1) is 0 Å². The maximum absolute atomic E-state index is 13.7. The van der Waals surface area contributed by atoms with E-state index in [2.05, 4.69) is 61.2 Å². The largest absolute Gasteiger partial charge is 0.534 e. The van der Waals surface area contributed by atoms with Gasteiger partial charge in [0.05, 0.1) is 22.1 Å². The molecule has 278 valence electrons. The second kappa shape index (κ2) is 13.1. The summed E-state index contributed by atoms with van der Waals surface area (Å²) in [5.74, 6) is -0.553. The zero-order chi connectivity index (χ0) is 38.8. The Kier molecular flexibility index (Phi) is 8.21. The Balaban J connectivity index is 1.35.